The lowest BCUT2D eigenvalue weighted by Crippen LogP contribution is -2.37. The van der Waals surface area contributed by atoms with Gasteiger partial charge in [-0.05, 0) is 58.7 Å². The Balaban J connectivity index is 2.21. The Morgan fingerprint density at radius 1 is 1.00 bits per heavy atom. The predicted octanol–water partition coefficient (Wildman–Crippen LogP) is 3.56. The van der Waals surface area contributed by atoms with Crippen molar-refractivity contribution in [3.8, 4) is 0 Å². The molecule has 1 N–H and O–H groups in total. The van der Waals surface area contributed by atoms with Crippen LogP contribution in [0.1, 0.15) is 45.7 Å². The van der Waals surface area contributed by atoms with Crippen LogP contribution in [-0.2, 0) is 22.5 Å². The molecule has 0 heterocycles. The second-order valence-corrected chi connectivity index (χ2v) is 6.72. The minimum atomic E-state index is 0.186. The Bertz CT molecular complexity index is 379. The Kier molecular flexibility index (Phi) is 7.94. The van der Waals surface area contributed by atoms with E-state index in [1.807, 2.05) is 13.8 Å². The van der Waals surface area contributed by atoms with Gasteiger partial charge < -0.3 is 14.8 Å². The first-order valence-electron chi connectivity index (χ1n) is 7.89. The highest BCUT2D eigenvalue weighted by Crippen LogP contribution is 2.07. The van der Waals surface area contributed by atoms with E-state index < -0.39 is 0 Å². The van der Waals surface area contributed by atoms with Gasteiger partial charge in [-0.15, -0.1) is 0 Å². The molecule has 21 heavy (non-hydrogen) atoms. The molecule has 3 nitrogen and oxygen atoms in total. The van der Waals surface area contributed by atoms with Gasteiger partial charge in [-0.1, -0.05) is 24.3 Å². The molecule has 0 radical (unpaired) electrons. The summed E-state index contributed by atoms with van der Waals surface area (Å²) in [5.74, 6) is 0. The van der Waals surface area contributed by atoms with E-state index in [0.29, 0.717) is 19.8 Å². The van der Waals surface area contributed by atoms with E-state index in [4.69, 9.17) is 9.47 Å². The van der Waals surface area contributed by atoms with Crippen molar-refractivity contribution in [3.63, 3.8) is 0 Å². The van der Waals surface area contributed by atoms with E-state index in [0.717, 1.165) is 13.0 Å². The van der Waals surface area contributed by atoms with Crippen LogP contribution in [0.5, 0.6) is 0 Å². The highest BCUT2D eigenvalue weighted by atomic mass is 16.5. The lowest BCUT2D eigenvalue weighted by molar-refractivity contribution is 0.0143. The molecule has 1 aromatic carbocycles. The molecule has 0 spiro atoms. The van der Waals surface area contributed by atoms with Crippen LogP contribution in [0.15, 0.2) is 24.3 Å². The number of ether oxygens (including phenoxy) is 2. The number of rotatable bonds is 9. The first-order chi connectivity index (χ1) is 9.87. The summed E-state index contributed by atoms with van der Waals surface area (Å²) in [5, 5.41) is 3.50. The molecule has 0 amide bonds. The average molecular weight is 293 g/mol. The van der Waals surface area contributed by atoms with Crippen LogP contribution in [0.4, 0.5) is 0 Å². The van der Waals surface area contributed by atoms with Crippen molar-refractivity contribution in [2.75, 3.05) is 19.8 Å². The van der Waals surface area contributed by atoms with E-state index in [2.05, 4.69) is 50.4 Å². The van der Waals surface area contributed by atoms with Gasteiger partial charge in [0.25, 0.3) is 0 Å². The van der Waals surface area contributed by atoms with E-state index in [1.165, 1.54) is 11.1 Å². The van der Waals surface area contributed by atoms with E-state index in [1.54, 1.807) is 0 Å². The third kappa shape index (κ3) is 9.62. The number of hydrogen-bond acceptors (Lipinski definition) is 3. The highest BCUT2D eigenvalue weighted by molar-refractivity contribution is 5.22. The molecule has 1 aromatic rings. The maximum absolute atomic E-state index is 5.60. The molecular formula is C18H31NO2. The zero-order valence-electron chi connectivity index (χ0n) is 14.2. The number of nitrogens with one attached hydrogen (secondary N) is 1. The van der Waals surface area contributed by atoms with Gasteiger partial charge in [-0.2, -0.15) is 0 Å². The van der Waals surface area contributed by atoms with Crippen molar-refractivity contribution in [1.29, 1.82) is 0 Å². The first kappa shape index (κ1) is 18.1. The smallest absolute Gasteiger partial charge is 0.0718 e. The third-order valence-corrected chi connectivity index (χ3v) is 3.04. The largest absolute Gasteiger partial charge is 0.376 e. The Hall–Kier alpha value is -0.900. The quantitative estimate of drug-likeness (QED) is 0.706. The van der Waals surface area contributed by atoms with Crippen molar-refractivity contribution in [2.24, 2.45) is 0 Å². The molecule has 0 aliphatic heterocycles. The minimum absolute atomic E-state index is 0.186. The third-order valence-electron chi connectivity index (χ3n) is 3.04. The summed E-state index contributed by atoms with van der Waals surface area (Å²) in [6.07, 6.45) is 1.33. The van der Waals surface area contributed by atoms with Gasteiger partial charge in [0.1, 0.15) is 0 Å². The molecule has 3 heteroatoms. The van der Waals surface area contributed by atoms with Crippen LogP contribution in [0.2, 0.25) is 0 Å². The standard InChI is InChI=1S/C18H31NO2/c1-15(2)21-13-12-20-14-17-8-6-16(7-9-17)10-11-19-18(3,4)5/h6-9,15,19H,10-14H2,1-5H3. The molecule has 120 valence electrons. The van der Waals surface area contributed by atoms with Crippen molar-refractivity contribution in [2.45, 2.75) is 59.3 Å². The predicted molar refractivity (Wildman–Crippen MR) is 88.6 cm³/mol. The minimum Gasteiger partial charge on any atom is -0.376 e. The fourth-order valence-electron chi connectivity index (χ4n) is 1.92. The highest BCUT2D eigenvalue weighted by Gasteiger charge is 2.07. The first-order valence-corrected chi connectivity index (χ1v) is 7.89. The summed E-state index contributed by atoms with van der Waals surface area (Å²) in [6.45, 7) is 13.6. The van der Waals surface area contributed by atoms with Gasteiger partial charge in [-0.25, -0.2) is 0 Å². The molecule has 0 aromatic heterocycles. The normalized spacial score (nSPS) is 12.1. The van der Waals surface area contributed by atoms with E-state index in [9.17, 15) is 0 Å². The van der Waals surface area contributed by atoms with Crippen LogP contribution in [0, 0.1) is 0 Å². The SMILES string of the molecule is CC(C)OCCOCc1ccc(CCNC(C)(C)C)cc1. The lowest BCUT2D eigenvalue weighted by atomic mass is 10.1. The lowest BCUT2D eigenvalue weighted by Gasteiger charge is -2.20. The molecule has 0 bridgehead atoms. The summed E-state index contributed by atoms with van der Waals surface area (Å²) in [6, 6.07) is 8.67. The molecule has 1 rings (SSSR count). The summed E-state index contributed by atoms with van der Waals surface area (Å²) in [4.78, 5) is 0. The van der Waals surface area contributed by atoms with Gasteiger partial charge in [0.05, 0.1) is 25.9 Å². The van der Waals surface area contributed by atoms with Crippen molar-refractivity contribution >= 4 is 0 Å². The zero-order chi connectivity index (χ0) is 15.7. The van der Waals surface area contributed by atoms with Gasteiger partial charge in [0.15, 0.2) is 0 Å². The molecule has 0 atom stereocenters. The summed E-state index contributed by atoms with van der Waals surface area (Å²) in [7, 11) is 0. The van der Waals surface area contributed by atoms with E-state index >= 15 is 0 Å². The molecule has 0 saturated carbocycles. The zero-order valence-corrected chi connectivity index (χ0v) is 14.2. The second kappa shape index (κ2) is 9.19. The molecular weight excluding hydrogens is 262 g/mol. The van der Waals surface area contributed by atoms with Gasteiger partial charge >= 0.3 is 0 Å². The Morgan fingerprint density at radius 3 is 2.19 bits per heavy atom. The molecule has 0 saturated heterocycles. The maximum Gasteiger partial charge on any atom is 0.0718 e. The van der Waals surface area contributed by atoms with E-state index in [-0.39, 0.29) is 11.6 Å². The summed E-state index contributed by atoms with van der Waals surface area (Å²) < 4.78 is 11.0. The molecule has 0 unspecified atom stereocenters. The topological polar surface area (TPSA) is 30.5 Å². The van der Waals surface area contributed by atoms with Gasteiger partial charge in [0.2, 0.25) is 0 Å². The van der Waals surface area contributed by atoms with Crippen molar-refractivity contribution in [3.05, 3.63) is 35.4 Å². The Labute approximate surface area is 130 Å². The van der Waals surface area contributed by atoms with Crippen LogP contribution >= 0.6 is 0 Å². The van der Waals surface area contributed by atoms with Crippen LogP contribution in [0.25, 0.3) is 0 Å². The van der Waals surface area contributed by atoms with Crippen LogP contribution in [-0.4, -0.2) is 31.4 Å². The molecule has 0 aliphatic carbocycles. The maximum atomic E-state index is 5.60. The van der Waals surface area contributed by atoms with Crippen LogP contribution < -0.4 is 5.32 Å². The number of benzene rings is 1. The second-order valence-electron chi connectivity index (χ2n) is 6.72. The van der Waals surface area contributed by atoms with Crippen LogP contribution in [0.3, 0.4) is 0 Å². The van der Waals surface area contributed by atoms with Gasteiger partial charge in [0, 0.05) is 5.54 Å². The van der Waals surface area contributed by atoms with Crippen molar-refractivity contribution in [1.82, 2.24) is 5.32 Å². The average Bonchev–Trinajstić information content (AvgIpc) is 2.38. The molecule has 0 aliphatic rings. The summed E-state index contributed by atoms with van der Waals surface area (Å²) in [5.41, 5.74) is 2.76. The fraction of sp³-hybridized carbons (Fsp3) is 0.667. The monoisotopic (exact) mass is 293 g/mol. The Morgan fingerprint density at radius 2 is 1.62 bits per heavy atom. The molecule has 0 fully saturated rings. The van der Waals surface area contributed by atoms with Gasteiger partial charge in [-0.3, -0.25) is 0 Å². The fourth-order valence-corrected chi connectivity index (χ4v) is 1.92. The van der Waals surface area contributed by atoms with Crippen molar-refractivity contribution < 1.29 is 9.47 Å². The summed E-state index contributed by atoms with van der Waals surface area (Å²) >= 11 is 0. The number of hydrogen-bond donors (Lipinski definition) is 1.